The molecule has 4 heterocycles. The van der Waals surface area contributed by atoms with Crippen LogP contribution in [0.3, 0.4) is 0 Å². The highest BCUT2D eigenvalue weighted by atomic mass is 16.5. The number of carbonyl (C=O) groups excluding carboxylic acids is 1. The quantitative estimate of drug-likeness (QED) is 0.770. The van der Waals surface area contributed by atoms with Crippen molar-refractivity contribution < 1.29 is 14.3 Å². The first-order valence-electron chi connectivity index (χ1n) is 9.17. The lowest BCUT2D eigenvalue weighted by Gasteiger charge is -2.42. The monoisotopic (exact) mass is 340 g/mol. The maximum atomic E-state index is 13.2. The molecule has 0 aromatic heterocycles. The summed E-state index contributed by atoms with van der Waals surface area (Å²) in [5, 5.41) is 6.80. The van der Waals surface area contributed by atoms with Gasteiger partial charge in [0.05, 0.1) is 19.8 Å². The zero-order valence-corrected chi connectivity index (χ0v) is 14.7. The Morgan fingerprint density at radius 3 is 3.08 bits per heavy atom. The van der Waals surface area contributed by atoms with E-state index < -0.39 is 5.41 Å². The number of methoxy groups -OCH3 is 1. The number of hydrogen-bond acceptors (Lipinski definition) is 4. The first-order valence-corrected chi connectivity index (χ1v) is 9.17. The van der Waals surface area contributed by atoms with Crippen LogP contribution in [0.15, 0.2) is 29.8 Å². The standard InChI is InChI=1S/C20H24N2O3/c1-3-11-9-21-17-8-20(18-7-13(11)14(17)10-25-18)15-5-4-12(24-2)6-16(15)22-19(20)23/h3-6,13-14,17-18,21H,7-10H2,1-2H3,(H,22,23)/b11-3+/t13-,14?,17-,18-,20-/m0/s1. The Labute approximate surface area is 147 Å². The third-order valence-corrected chi connectivity index (χ3v) is 6.86. The van der Waals surface area contributed by atoms with Gasteiger partial charge in [0.1, 0.15) is 11.2 Å². The van der Waals surface area contributed by atoms with Gasteiger partial charge in [0, 0.05) is 30.3 Å². The van der Waals surface area contributed by atoms with E-state index in [-0.39, 0.29) is 12.0 Å². The van der Waals surface area contributed by atoms with E-state index >= 15 is 0 Å². The second kappa shape index (κ2) is 5.32. The van der Waals surface area contributed by atoms with Crippen molar-refractivity contribution in [2.24, 2.45) is 11.8 Å². The summed E-state index contributed by atoms with van der Waals surface area (Å²) in [6, 6.07) is 6.25. The fourth-order valence-electron chi connectivity index (χ4n) is 5.55. The summed E-state index contributed by atoms with van der Waals surface area (Å²) in [5.74, 6) is 1.84. The fourth-order valence-corrected chi connectivity index (χ4v) is 5.55. The van der Waals surface area contributed by atoms with E-state index in [1.165, 1.54) is 5.57 Å². The van der Waals surface area contributed by atoms with Crippen LogP contribution in [0, 0.1) is 11.8 Å². The zero-order chi connectivity index (χ0) is 17.2. The minimum atomic E-state index is -0.591. The lowest BCUT2D eigenvalue weighted by Crippen LogP contribution is -2.49. The fraction of sp³-hybridized carbons (Fsp3) is 0.550. The molecule has 2 N–H and O–H groups in total. The van der Waals surface area contributed by atoms with Crippen molar-refractivity contribution in [3.05, 3.63) is 35.4 Å². The van der Waals surface area contributed by atoms with Gasteiger partial charge in [-0.1, -0.05) is 17.7 Å². The molecule has 1 amide bonds. The summed E-state index contributed by atoms with van der Waals surface area (Å²) in [7, 11) is 1.65. The molecule has 6 rings (SSSR count). The van der Waals surface area contributed by atoms with Crippen molar-refractivity contribution in [3.63, 3.8) is 0 Å². The number of benzene rings is 1. The maximum Gasteiger partial charge on any atom is 0.237 e. The molecular formula is C20H24N2O3. The van der Waals surface area contributed by atoms with Crippen molar-refractivity contribution >= 4 is 11.6 Å². The normalized spacial score (nSPS) is 40.1. The number of allylic oxidation sites excluding steroid dienone is 1. The molecule has 5 nitrogen and oxygen atoms in total. The molecule has 1 saturated carbocycles. The lowest BCUT2D eigenvalue weighted by atomic mass is 9.72. The summed E-state index contributed by atoms with van der Waals surface area (Å²) >= 11 is 0. The van der Waals surface area contributed by atoms with E-state index in [9.17, 15) is 4.79 Å². The number of nitrogens with one attached hydrogen (secondary N) is 2. The van der Waals surface area contributed by atoms with Crippen molar-refractivity contribution in [2.45, 2.75) is 37.3 Å². The number of anilines is 1. The van der Waals surface area contributed by atoms with Crippen LogP contribution in [0.4, 0.5) is 5.69 Å². The molecule has 3 saturated heterocycles. The van der Waals surface area contributed by atoms with Crippen LogP contribution in [0.25, 0.3) is 0 Å². The van der Waals surface area contributed by atoms with Crippen LogP contribution >= 0.6 is 0 Å². The predicted octanol–water partition coefficient (Wildman–Crippen LogP) is 2.23. The van der Waals surface area contributed by atoms with E-state index in [1.807, 2.05) is 12.1 Å². The van der Waals surface area contributed by atoms with Gasteiger partial charge in [0.2, 0.25) is 5.91 Å². The minimum absolute atomic E-state index is 0.0664. The molecule has 1 aromatic carbocycles. The maximum absolute atomic E-state index is 13.2. The molecule has 1 unspecified atom stereocenters. The summed E-state index contributed by atoms with van der Waals surface area (Å²) in [6.07, 6.45) is 3.92. The number of fused-ring (bicyclic) bond motifs is 2. The smallest absolute Gasteiger partial charge is 0.237 e. The molecule has 4 aliphatic heterocycles. The SMILES string of the molecule is C/C=C1\CN[C@H]2C[C@@]3(C(=O)Nc4cc(OC)ccc43)[C@@H]3C[C@@H]1C2CO3. The predicted molar refractivity (Wildman–Crippen MR) is 94.8 cm³/mol. The highest BCUT2D eigenvalue weighted by Crippen LogP contribution is 2.54. The molecule has 4 fully saturated rings. The van der Waals surface area contributed by atoms with Crippen LogP contribution in [0.1, 0.15) is 25.3 Å². The van der Waals surface area contributed by atoms with Crippen LogP contribution in [-0.4, -0.2) is 38.3 Å². The molecule has 1 spiro atoms. The topological polar surface area (TPSA) is 59.6 Å². The molecule has 1 aliphatic carbocycles. The number of piperidine rings is 1. The van der Waals surface area contributed by atoms with E-state index in [2.05, 4.69) is 29.7 Å². The second-order valence-electron chi connectivity index (χ2n) is 7.72. The van der Waals surface area contributed by atoms with Crippen molar-refractivity contribution in [1.82, 2.24) is 5.32 Å². The van der Waals surface area contributed by atoms with Crippen molar-refractivity contribution in [2.75, 3.05) is 25.6 Å². The molecule has 4 bridgehead atoms. The number of rotatable bonds is 1. The van der Waals surface area contributed by atoms with E-state index in [4.69, 9.17) is 9.47 Å². The average Bonchev–Trinajstić information content (AvgIpc) is 2.76. The first kappa shape index (κ1) is 15.4. The Morgan fingerprint density at radius 2 is 2.28 bits per heavy atom. The van der Waals surface area contributed by atoms with Gasteiger partial charge in [0.25, 0.3) is 0 Å². The Hall–Kier alpha value is -1.85. The van der Waals surface area contributed by atoms with Gasteiger partial charge in [-0.2, -0.15) is 0 Å². The molecule has 1 aromatic rings. The third-order valence-electron chi connectivity index (χ3n) is 6.86. The van der Waals surface area contributed by atoms with Crippen molar-refractivity contribution in [1.29, 1.82) is 0 Å². The Morgan fingerprint density at radius 1 is 1.40 bits per heavy atom. The molecule has 5 heteroatoms. The molecule has 5 atom stereocenters. The molecule has 132 valence electrons. The Kier molecular flexibility index (Phi) is 3.28. The third kappa shape index (κ3) is 1.94. The summed E-state index contributed by atoms with van der Waals surface area (Å²) in [4.78, 5) is 13.2. The number of hydrogen-bond donors (Lipinski definition) is 2. The van der Waals surface area contributed by atoms with Crippen LogP contribution < -0.4 is 15.4 Å². The van der Waals surface area contributed by atoms with Crippen LogP contribution in [-0.2, 0) is 14.9 Å². The van der Waals surface area contributed by atoms with Crippen molar-refractivity contribution in [3.8, 4) is 5.75 Å². The van der Waals surface area contributed by atoms with Crippen LogP contribution in [0.5, 0.6) is 5.75 Å². The molecule has 5 aliphatic rings. The van der Waals surface area contributed by atoms with Gasteiger partial charge in [-0.25, -0.2) is 0 Å². The lowest BCUT2D eigenvalue weighted by molar-refractivity contribution is -0.129. The number of amides is 1. The zero-order valence-electron chi connectivity index (χ0n) is 14.7. The number of carbonyl (C=O) groups is 1. The highest BCUT2D eigenvalue weighted by molar-refractivity contribution is 6.07. The Balaban J connectivity index is 1.64. The summed E-state index contributed by atoms with van der Waals surface area (Å²) in [6.45, 7) is 3.80. The van der Waals surface area contributed by atoms with E-state index in [0.717, 1.165) is 43.0 Å². The van der Waals surface area contributed by atoms with Gasteiger partial charge in [-0.3, -0.25) is 4.79 Å². The largest absolute Gasteiger partial charge is 0.497 e. The Bertz CT molecular complexity index is 774. The van der Waals surface area contributed by atoms with Gasteiger partial charge in [0.15, 0.2) is 0 Å². The van der Waals surface area contributed by atoms with Gasteiger partial charge >= 0.3 is 0 Å². The number of ether oxygens (including phenoxy) is 2. The van der Waals surface area contributed by atoms with Gasteiger partial charge < -0.3 is 20.1 Å². The van der Waals surface area contributed by atoms with Gasteiger partial charge in [-0.05, 0) is 37.3 Å². The second-order valence-corrected chi connectivity index (χ2v) is 7.72. The van der Waals surface area contributed by atoms with E-state index in [0.29, 0.717) is 17.9 Å². The molecule has 0 radical (unpaired) electrons. The van der Waals surface area contributed by atoms with E-state index in [1.54, 1.807) is 7.11 Å². The molecule has 25 heavy (non-hydrogen) atoms. The highest BCUT2D eigenvalue weighted by Gasteiger charge is 2.61. The summed E-state index contributed by atoms with van der Waals surface area (Å²) < 4.78 is 11.6. The summed E-state index contributed by atoms with van der Waals surface area (Å²) in [5.41, 5.74) is 2.82. The average molecular weight is 340 g/mol. The molecular weight excluding hydrogens is 316 g/mol. The van der Waals surface area contributed by atoms with Gasteiger partial charge in [-0.15, -0.1) is 0 Å². The van der Waals surface area contributed by atoms with Crippen LogP contribution in [0.2, 0.25) is 0 Å². The first-order chi connectivity index (χ1) is 12.2. The minimum Gasteiger partial charge on any atom is -0.497 e.